The molecule has 0 fully saturated rings. The van der Waals surface area contributed by atoms with Gasteiger partial charge >= 0.3 is 0 Å². The first-order chi connectivity index (χ1) is 9.12. The van der Waals surface area contributed by atoms with Gasteiger partial charge in [0.15, 0.2) is 0 Å². The second kappa shape index (κ2) is 5.88. The second-order valence-electron chi connectivity index (χ2n) is 3.94. The average molecular weight is 323 g/mol. The van der Waals surface area contributed by atoms with Crippen molar-refractivity contribution in [2.75, 3.05) is 24.8 Å². The summed E-state index contributed by atoms with van der Waals surface area (Å²) in [5.74, 6) is 2.13. The van der Waals surface area contributed by atoms with Gasteiger partial charge in [-0.2, -0.15) is 4.98 Å². The largest absolute Gasteiger partial charge is 0.496 e. The molecule has 0 saturated carbocycles. The van der Waals surface area contributed by atoms with Crippen molar-refractivity contribution < 1.29 is 4.74 Å². The van der Waals surface area contributed by atoms with Gasteiger partial charge in [-0.05, 0) is 41.1 Å². The Labute approximate surface area is 120 Å². The van der Waals surface area contributed by atoms with Crippen molar-refractivity contribution in [3.63, 3.8) is 0 Å². The van der Waals surface area contributed by atoms with E-state index in [1.54, 1.807) is 14.2 Å². The fourth-order valence-electron chi connectivity index (χ4n) is 1.64. The molecule has 0 aliphatic rings. The highest BCUT2D eigenvalue weighted by atomic mass is 79.9. The normalized spacial score (nSPS) is 10.1. The van der Waals surface area contributed by atoms with Crippen LogP contribution in [0.3, 0.4) is 0 Å². The highest BCUT2D eigenvalue weighted by Crippen LogP contribution is 2.29. The molecule has 100 valence electrons. The molecule has 5 nitrogen and oxygen atoms in total. The summed E-state index contributed by atoms with van der Waals surface area (Å²) < 4.78 is 6.08. The molecule has 19 heavy (non-hydrogen) atoms. The van der Waals surface area contributed by atoms with Gasteiger partial charge in [0.25, 0.3) is 0 Å². The number of hydrogen-bond donors (Lipinski definition) is 2. The zero-order valence-corrected chi connectivity index (χ0v) is 12.6. The maximum absolute atomic E-state index is 5.20. The summed E-state index contributed by atoms with van der Waals surface area (Å²) in [5.41, 5.74) is 1.82. The first kappa shape index (κ1) is 13.6. The van der Waals surface area contributed by atoms with Crippen LogP contribution >= 0.6 is 15.9 Å². The third kappa shape index (κ3) is 3.35. The number of methoxy groups -OCH3 is 1. The fraction of sp³-hybridized carbons (Fsp3) is 0.231. The summed E-state index contributed by atoms with van der Waals surface area (Å²) >= 11 is 3.45. The van der Waals surface area contributed by atoms with Crippen LogP contribution in [0.15, 0.2) is 28.7 Å². The van der Waals surface area contributed by atoms with Gasteiger partial charge in [-0.1, -0.05) is 0 Å². The lowest BCUT2D eigenvalue weighted by atomic mass is 10.3. The van der Waals surface area contributed by atoms with E-state index in [4.69, 9.17) is 4.74 Å². The van der Waals surface area contributed by atoms with Crippen molar-refractivity contribution in [3.8, 4) is 5.75 Å². The van der Waals surface area contributed by atoms with Gasteiger partial charge in [0, 0.05) is 24.5 Å². The van der Waals surface area contributed by atoms with Crippen LogP contribution in [0.1, 0.15) is 5.69 Å². The number of nitrogens with zero attached hydrogens (tertiary/aromatic N) is 2. The molecule has 6 heteroatoms. The molecule has 0 saturated heterocycles. The molecular weight excluding hydrogens is 308 g/mol. The Morgan fingerprint density at radius 2 is 2.00 bits per heavy atom. The molecular formula is C13H15BrN4O. The van der Waals surface area contributed by atoms with Gasteiger partial charge in [-0.3, -0.25) is 0 Å². The Morgan fingerprint density at radius 1 is 1.21 bits per heavy atom. The summed E-state index contributed by atoms with van der Waals surface area (Å²) in [7, 11) is 3.43. The highest BCUT2D eigenvalue weighted by Gasteiger charge is 2.04. The zero-order valence-electron chi connectivity index (χ0n) is 11.0. The number of halogens is 1. The van der Waals surface area contributed by atoms with Gasteiger partial charge in [0.05, 0.1) is 11.6 Å². The van der Waals surface area contributed by atoms with Crippen molar-refractivity contribution in [3.05, 3.63) is 34.4 Å². The van der Waals surface area contributed by atoms with Gasteiger partial charge < -0.3 is 15.4 Å². The number of hydrogen-bond acceptors (Lipinski definition) is 5. The molecule has 0 bridgehead atoms. The van der Waals surface area contributed by atoms with Crippen LogP contribution in [0.25, 0.3) is 0 Å². The summed E-state index contributed by atoms with van der Waals surface area (Å²) in [5, 5.41) is 6.17. The van der Waals surface area contributed by atoms with Crippen molar-refractivity contribution in [2.24, 2.45) is 0 Å². The lowest BCUT2D eigenvalue weighted by Crippen LogP contribution is -2.02. The minimum atomic E-state index is 0.593. The number of rotatable bonds is 4. The summed E-state index contributed by atoms with van der Waals surface area (Å²) in [4.78, 5) is 8.59. The molecule has 1 aromatic carbocycles. The van der Waals surface area contributed by atoms with Crippen LogP contribution < -0.4 is 15.4 Å². The Kier molecular flexibility index (Phi) is 4.21. The van der Waals surface area contributed by atoms with Crippen LogP contribution in [0, 0.1) is 6.92 Å². The highest BCUT2D eigenvalue weighted by molar-refractivity contribution is 9.10. The molecule has 0 aliphatic heterocycles. The molecule has 0 spiro atoms. The van der Waals surface area contributed by atoms with Crippen LogP contribution in [0.2, 0.25) is 0 Å². The molecule has 2 aromatic rings. The van der Waals surface area contributed by atoms with E-state index in [2.05, 4.69) is 36.5 Å². The monoisotopic (exact) mass is 322 g/mol. The Bertz CT molecular complexity index is 589. The minimum Gasteiger partial charge on any atom is -0.496 e. The predicted octanol–water partition coefficient (Wildman–Crippen LogP) is 3.34. The van der Waals surface area contributed by atoms with E-state index in [0.717, 1.165) is 27.4 Å². The average Bonchev–Trinajstić information content (AvgIpc) is 2.38. The van der Waals surface area contributed by atoms with E-state index in [1.165, 1.54) is 0 Å². The molecule has 2 N–H and O–H groups in total. The molecule has 0 unspecified atom stereocenters. The van der Waals surface area contributed by atoms with Crippen LogP contribution in [0.4, 0.5) is 17.5 Å². The molecule has 1 aromatic heterocycles. The van der Waals surface area contributed by atoms with Crippen LogP contribution in [0.5, 0.6) is 5.75 Å². The summed E-state index contributed by atoms with van der Waals surface area (Å²) in [6, 6.07) is 7.65. The number of ether oxygens (including phenoxy) is 1. The van der Waals surface area contributed by atoms with Crippen molar-refractivity contribution in [2.45, 2.75) is 6.92 Å². The smallest absolute Gasteiger partial charge is 0.224 e. The summed E-state index contributed by atoms with van der Waals surface area (Å²) in [6.45, 7) is 1.93. The van der Waals surface area contributed by atoms with Gasteiger partial charge in [-0.25, -0.2) is 4.98 Å². The maximum Gasteiger partial charge on any atom is 0.224 e. The standard InChI is InChI=1S/C13H15BrN4O/c1-8-6-12(18-13(15-2)16-8)17-9-4-5-11(19-3)10(14)7-9/h4-7H,1-3H3,(H2,15,16,17,18). The maximum atomic E-state index is 5.20. The first-order valence-electron chi connectivity index (χ1n) is 5.76. The van der Waals surface area contributed by atoms with Crippen molar-refractivity contribution in [1.29, 1.82) is 0 Å². The van der Waals surface area contributed by atoms with E-state index < -0.39 is 0 Å². The van der Waals surface area contributed by atoms with Gasteiger partial charge in [0.1, 0.15) is 11.6 Å². The number of anilines is 3. The van der Waals surface area contributed by atoms with Crippen molar-refractivity contribution >= 4 is 33.4 Å². The lowest BCUT2D eigenvalue weighted by Gasteiger charge is -2.10. The fourth-order valence-corrected chi connectivity index (χ4v) is 2.18. The van der Waals surface area contributed by atoms with Crippen molar-refractivity contribution in [1.82, 2.24) is 9.97 Å². The first-order valence-corrected chi connectivity index (χ1v) is 6.55. The van der Waals surface area contributed by atoms with Gasteiger partial charge in [-0.15, -0.1) is 0 Å². The molecule has 0 aliphatic carbocycles. The van der Waals surface area contributed by atoms with E-state index in [9.17, 15) is 0 Å². The minimum absolute atomic E-state index is 0.593. The van der Waals surface area contributed by atoms with E-state index in [1.807, 2.05) is 31.2 Å². The van der Waals surface area contributed by atoms with Crippen LogP contribution in [-0.4, -0.2) is 24.1 Å². The Balaban J connectivity index is 2.25. The van der Waals surface area contributed by atoms with Crippen LogP contribution in [-0.2, 0) is 0 Å². The van der Waals surface area contributed by atoms with E-state index in [-0.39, 0.29) is 0 Å². The second-order valence-corrected chi connectivity index (χ2v) is 4.80. The molecule has 0 radical (unpaired) electrons. The van der Waals surface area contributed by atoms with Gasteiger partial charge in [0.2, 0.25) is 5.95 Å². The number of aryl methyl sites for hydroxylation is 1. The van der Waals surface area contributed by atoms with E-state index >= 15 is 0 Å². The topological polar surface area (TPSA) is 59.1 Å². The number of aromatic nitrogens is 2. The third-order valence-electron chi connectivity index (χ3n) is 2.50. The third-order valence-corrected chi connectivity index (χ3v) is 3.12. The SMILES string of the molecule is CNc1nc(C)cc(Nc2ccc(OC)c(Br)c2)n1. The predicted molar refractivity (Wildman–Crippen MR) is 80.3 cm³/mol. The lowest BCUT2D eigenvalue weighted by molar-refractivity contribution is 0.412. The molecule has 1 heterocycles. The Morgan fingerprint density at radius 3 is 2.63 bits per heavy atom. The number of nitrogens with one attached hydrogen (secondary N) is 2. The molecule has 2 rings (SSSR count). The van der Waals surface area contributed by atoms with E-state index in [0.29, 0.717) is 5.95 Å². The molecule has 0 amide bonds. The quantitative estimate of drug-likeness (QED) is 0.904. The Hall–Kier alpha value is -1.82. The summed E-state index contributed by atoms with van der Waals surface area (Å²) in [6.07, 6.45) is 0. The zero-order chi connectivity index (χ0) is 13.8. The molecule has 0 atom stereocenters. The number of benzene rings is 1.